The molecule has 136 valence electrons. The van der Waals surface area contributed by atoms with E-state index in [0.29, 0.717) is 29.4 Å². The second-order valence-electron chi connectivity index (χ2n) is 6.76. The molecule has 3 rings (SSSR count). The van der Waals surface area contributed by atoms with Crippen molar-refractivity contribution in [3.63, 3.8) is 0 Å². The molecule has 2 aromatic rings. The van der Waals surface area contributed by atoms with Crippen LogP contribution in [0.3, 0.4) is 0 Å². The number of amides is 3. The highest BCUT2D eigenvalue weighted by Crippen LogP contribution is 2.39. The van der Waals surface area contributed by atoms with Crippen LogP contribution in [0.5, 0.6) is 0 Å². The maximum atomic E-state index is 13.0. The summed E-state index contributed by atoms with van der Waals surface area (Å²) in [5, 5.41) is 17.0. The SMILES string of the molecule is CC(C)CCNC(=O)C1(O)c2ccccc2NC(=O)N1c1ccccc1. The zero-order valence-corrected chi connectivity index (χ0v) is 14.9. The molecule has 0 saturated heterocycles. The summed E-state index contributed by atoms with van der Waals surface area (Å²) in [7, 11) is 0. The van der Waals surface area contributed by atoms with Crippen molar-refractivity contribution in [3.8, 4) is 0 Å². The highest BCUT2D eigenvalue weighted by atomic mass is 16.3. The number of benzene rings is 2. The van der Waals surface area contributed by atoms with Crippen LogP contribution >= 0.6 is 0 Å². The third kappa shape index (κ3) is 3.15. The van der Waals surface area contributed by atoms with Gasteiger partial charge in [-0.1, -0.05) is 50.2 Å². The van der Waals surface area contributed by atoms with Crippen molar-refractivity contribution in [3.05, 3.63) is 60.2 Å². The van der Waals surface area contributed by atoms with E-state index in [0.717, 1.165) is 11.3 Å². The van der Waals surface area contributed by atoms with Crippen molar-refractivity contribution in [2.24, 2.45) is 5.92 Å². The molecule has 3 N–H and O–H groups in total. The summed E-state index contributed by atoms with van der Waals surface area (Å²) in [4.78, 5) is 26.8. The summed E-state index contributed by atoms with van der Waals surface area (Å²) in [5.41, 5.74) is -0.935. The smallest absolute Gasteiger partial charge is 0.329 e. The van der Waals surface area contributed by atoms with Gasteiger partial charge in [-0.2, -0.15) is 0 Å². The van der Waals surface area contributed by atoms with E-state index in [9.17, 15) is 14.7 Å². The van der Waals surface area contributed by atoms with Crippen LogP contribution in [-0.4, -0.2) is 23.6 Å². The number of urea groups is 1. The van der Waals surface area contributed by atoms with Crippen LogP contribution in [0.4, 0.5) is 16.2 Å². The average molecular weight is 353 g/mol. The number of nitrogens with one attached hydrogen (secondary N) is 2. The Kier molecular flexibility index (Phi) is 4.95. The lowest BCUT2D eigenvalue weighted by Gasteiger charge is -2.42. The first-order chi connectivity index (χ1) is 12.4. The van der Waals surface area contributed by atoms with Gasteiger partial charge in [-0.15, -0.1) is 0 Å². The van der Waals surface area contributed by atoms with Crippen molar-refractivity contribution in [2.45, 2.75) is 26.0 Å². The van der Waals surface area contributed by atoms with Gasteiger partial charge in [0, 0.05) is 17.8 Å². The number of rotatable bonds is 5. The van der Waals surface area contributed by atoms with E-state index in [1.807, 2.05) is 0 Å². The fourth-order valence-electron chi connectivity index (χ4n) is 3.04. The zero-order chi connectivity index (χ0) is 18.7. The van der Waals surface area contributed by atoms with Crippen LogP contribution in [-0.2, 0) is 10.5 Å². The second kappa shape index (κ2) is 7.17. The van der Waals surface area contributed by atoms with Crippen molar-refractivity contribution in [2.75, 3.05) is 16.8 Å². The summed E-state index contributed by atoms with van der Waals surface area (Å²) >= 11 is 0. The molecule has 0 aliphatic carbocycles. The predicted octanol–water partition coefficient (Wildman–Crippen LogP) is 3.05. The van der Waals surface area contributed by atoms with E-state index in [1.54, 1.807) is 54.6 Å². The summed E-state index contributed by atoms with van der Waals surface area (Å²) in [6, 6.07) is 14.9. The van der Waals surface area contributed by atoms with Gasteiger partial charge in [0.15, 0.2) is 0 Å². The summed E-state index contributed by atoms with van der Waals surface area (Å²) in [5.74, 6) is -0.207. The molecule has 0 spiro atoms. The minimum absolute atomic E-state index is 0.338. The van der Waals surface area contributed by atoms with Crippen molar-refractivity contribution in [1.29, 1.82) is 0 Å². The van der Waals surface area contributed by atoms with Crippen LogP contribution in [0.1, 0.15) is 25.8 Å². The van der Waals surface area contributed by atoms with Gasteiger partial charge in [0.25, 0.3) is 11.6 Å². The summed E-state index contributed by atoms with van der Waals surface area (Å²) in [6.45, 7) is 4.53. The normalized spacial score (nSPS) is 19.1. The highest BCUT2D eigenvalue weighted by molar-refractivity contribution is 6.11. The number of hydrogen-bond donors (Lipinski definition) is 3. The maximum Gasteiger partial charge on any atom is 0.329 e. The minimum atomic E-state index is -2.13. The van der Waals surface area contributed by atoms with Gasteiger partial charge >= 0.3 is 6.03 Å². The quantitative estimate of drug-likeness (QED) is 0.773. The molecule has 2 aromatic carbocycles. The predicted molar refractivity (Wildman–Crippen MR) is 101 cm³/mol. The number of carbonyl (C=O) groups is 2. The molecule has 6 heteroatoms. The van der Waals surface area contributed by atoms with Gasteiger partial charge in [-0.25, -0.2) is 4.79 Å². The molecule has 0 saturated carbocycles. The fraction of sp³-hybridized carbons (Fsp3) is 0.300. The number of nitrogens with zero attached hydrogens (tertiary/aromatic N) is 1. The Balaban J connectivity index is 2.05. The van der Waals surface area contributed by atoms with Crippen LogP contribution < -0.4 is 15.5 Å². The second-order valence-corrected chi connectivity index (χ2v) is 6.76. The van der Waals surface area contributed by atoms with Crippen LogP contribution in [0, 0.1) is 5.92 Å². The molecule has 0 radical (unpaired) electrons. The molecule has 0 bridgehead atoms. The van der Waals surface area contributed by atoms with E-state index < -0.39 is 17.7 Å². The molecular formula is C20H23N3O3. The molecule has 0 aromatic heterocycles. The van der Waals surface area contributed by atoms with E-state index in [4.69, 9.17) is 0 Å². The number of fused-ring (bicyclic) bond motifs is 1. The highest BCUT2D eigenvalue weighted by Gasteiger charge is 2.51. The van der Waals surface area contributed by atoms with Crippen LogP contribution in [0.25, 0.3) is 0 Å². The molecule has 1 aliphatic heterocycles. The van der Waals surface area contributed by atoms with Gasteiger partial charge in [-0.3, -0.25) is 9.69 Å². The van der Waals surface area contributed by atoms with Gasteiger partial charge in [0.05, 0.1) is 5.69 Å². The molecular weight excluding hydrogens is 330 g/mol. The first kappa shape index (κ1) is 17.9. The third-order valence-corrected chi connectivity index (χ3v) is 4.41. The molecule has 6 nitrogen and oxygen atoms in total. The molecule has 26 heavy (non-hydrogen) atoms. The number of anilines is 2. The fourth-order valence-corrected chi connectivity index (χ4v) is 3.04. The Morgan fingerprint density at radius 2 is 1.81 bits per heavy atom. The molecule has 0 fully saturated rings. The lowest BCUT2D eigenvalue weighted by molar-refractivity contribution is -0.140. The minimum Gasteiger partial charge on any atom is -0.359 e. The Hall–Kier alpha value is -2.86. The van der Waals surface area contributed by atoms with E-state index >= 15 is 0 Å². The van der Waals surface area contributed by atoms with Crippen molar-refractivity contribution >= 4 is 23.3 Å². The lowest BCUT2D eigenvalue weighted by atomic mass is 9.94. The van der Waals surface area contributed by atoms with Gasteiger partial charge in [-0.05, 0) is 30.5 Å². The van der Waals surface area contributed by atoms with E-state index in [1.165, 1.54) is 0 Å². The monoisotopic (exact) mass is 353 g/mol. The topological polar surface area (TPSA) is 81.7 Å². The standard InChI is InChI=1S/C20H23N3O3/c1-14(2)12-13-21-18(24)20(26)16-10-6-7-11-17(16)22-19(25)23(20)15-8-4-3-5-9-15/h3-11,14,26H,12-13H2,1-2H3,(H,21,24)(H,22,25). The number of aliphatic hydroxyl groups is 1. The maximum absolute atomic E-state index is 13.0. The van der Waals surface area contributed by atoms with Gasteiger partial charge in [0.2, 0.25) is 0 Å². The first-order valence-electron chi connectivity index (χ1n) is 8.71. The molecule has 1 aliphatic rings. The zero-order valence-electron chi connectivity index (χ0n) is 14.9. The molecule has 1 heterocycles. The Bertz CT molecular complexity index is 807. The molecule has 1 atom stereocenters. The van der Waals surface area contributed by atoms with Gasteiger partial charge in [0.1, 0.15) is 0 Å². The Morgan fingerprint density at radius 1 is 1.15 bits per heavy atom. The molecule has 3 amide bonds. The van der Waals surface area contributed by atoms with Crippen molar-refractivity contribution in [1.82, 2.24) is 5.32 Å². The van der Waals surface area contributed by atoms with Gasteiger partial charge < -0.3 is 15.7 Å². The van der Waals surface area contributed by atoms with Crippen LogP contribution in [0.15, 0.2) is 54.6 Å². The summed E-state index contributed by atoms with van der Waals surface area (Å²) < 4.78 is 0. The first-order valence-corrected chi connectivity index (χ1v) is 8.71. The lowest BCUT2D eigenvalue weighted by Crippen LogP contribution is -2.62. The number of hydrogen-bond acceptors (Lipinski definition) is 3. The van der Waals surface area contributed by atoms with Crippen LogP contribution in [0.2, 0.25) is 0 Å². The van der Waals surface area contributed by atoms with Crippen molar-refractivity contribution < 1.29 is 14.7 Å². The Labute approximate surface area is 152 Å². The third-order valence-electron chi connectivity index (χ3n) is 4.41. The van der Waals surface area contributed by atoms with E-state index in [2.05, 4.69) is 24.5 Å². The largest absolute Gasteiger partial charge is 0.359 e. The summed E-state index contributed by atoms with van der Waals surface area (Å²) in [6.07, 6.45) is 0.779. The molecule has 1 unspecified atom stereocenters. The van der Waals surface area contributed by atoms with E-state index in [-0.39, 0.29) is 0 Å². The average Bonchev–Trinajstić information content (AvgIpc) is 2.62. The Morgan fingerprint density at radius 3 is 2.50 bits per heavy atom. The number of para-hydroxylation sites is 2. The number of carbonyl (C=O) groups excluding carboxylic acids is 2.